The van der Waals surface area contributed by atoms with Crippen LogP contribution in [-0.2, 0) is 11.2 Å². The van der Waals surface area contributed by atoms with Crippen LogP contribution in [-0.4, -0.2) is 22.5 Å². The third-order valence-electron chi connectivity index (χ3n) is 2.66. The Balaban J connectivity index is 2.37. The fourth-order valence-electron chi connectivity index (χ4n) is 1.71. The summed E-state index contributed by atoms with van der Waals surface area (Å²) in [5.41, 5.74) is 1.68. The van der Waals surface area contributed by atoms with E-state index in [1.165, 1.54) is 6.92 Å². The van der Waals surface area contributed by atoms with E-state index in [1.54, 1.807) is 12.3 Å². The maximum atomic E-state index is 10.8. The molecule has 96 valence electrons. The van der Waals surface area contributed by atoms with Crippen molar-refractivity contribution in [1.82, 2.24) is 0 Å². The Morgan fingerprint density at radius 3 is 3.00 bits per heavy atom. The number of hydrogen-bond acceptors (Lipinski definition) is 3. The zero-order valence-corrected chi connectivity index (χ0v) is 11.4. The molecule has 0 aliphatic heterocycles. The summed E-state index contributed by atoms with van der Waals surface area (Å²) < 4.78 is 10.9. The second-order valence-corrected chi connectivity index (χ2v) is 4.72. The topological polar surface area (TPSA) is 59.7 Å². The highest BCUT2D eigenvalue weighted by Crippen LogP contribution is 2.30. The zero-order chi connectivity index (χ0) is 13.1. The lowest BCUT2D eigenvalue weighted by Crippen LogP contribution is -2.22. The number of alkyl halides is 1. The van der Waals surface area contributed by atoms with Crippen LogP contribution in [0.15, 0.2) is 28.9 Å². The second-order valence-electron chi connectivity index (χ2n) is 3.93. The van der Waals surface area contributed by atoms with E-state index >= 15 is 0 Å². The molecule has 18 heavy (non-hydrogen) atoms. The molecule has 2 rings (SSSR count). The minimum absolute atomic E-state index is 0.461. The van der Waals surface area contributed by atoms with Crippen LogP contribution in [0.1, 0.15) is 12.5 Å². The molecule has 1 N–H and O–H groups in total. The molecule has 1 aromatic heterocycles. The summed E-state index contributed by atoms with van der Waals surface area (Å²) in [4.78, 5) is 10.8. The standard InChI is InChI=1S/C13H13BrO4/c1-8(13(15)16)18-11-4-2-3-10-9(5-6-14)7-17-12(10)11/h2-4,7-8H,5-6H2,1H3,(H,15,16). The van der Waals surface area contributed by atoms with Crippen molar-refractivity contribution in [2.24, 2.45) is 0 Å². The molecule has 0 aliphatic rings. The largest absolute Gasteiger partial charge is 0.479 e. The third kappa shape index (κ3) is 2.51. The third-order valence-corrected chi connectivity index (χ3v) is 3.06. The summed E-state index contributed by atoms with van der Waals surface area (Å²) in [5, 5.41) is 10.7. The summed E-state index contributed by atoms with van der Waals surface area (Å²) in [7, 11) is 0. The highest BCUT2D eigenvalue weighted by atomic mass is 79.9. The number of aliphatic carboxylic acids is 1. The van der Waals surface area contributed by atoms with Gasteiger partial charge in [-0.05, 0) is 25.0 Å². The van der Waals surface area contributed by atoms with Gasteiger partial charge in [-0.3, -0.25) is 0 Å². The van der Waals surface area contributed by atoms with Crippen LogP contribution in [0, 0.1) is 0 Å². The number of carboxylic acids is 1. The predicted octanol–water partition coefficient (Wildman–Crippen LogP) is 3.22. The van der Waals surface area contributed by atoms with E-state index < -0.39 is 12.1 Å². The van der Waals surface area contributed by atoms with Gasteiger partial charge in [-0.1, -0.05) is 28.1 Å². The van der Waals surface area contributed by atoms with Crippen LogP contribution < -0.4 is 4.74 Å². The van der Waals surface area contributed by atoms with Crippen LogP contribution >= 0.6 is 15.9 Å². The first-order valence-corrected chi connectivity index (χ1v) is 6.70. The van der Waals surface area contributed by atoms with Gasteiger partial charge >= 0.3 is 5.97 Å². The summed E-state index contributed by atoms with van der Waals surface area (Å²) in [6, 6.07) is 5.48. The molecule has 0 spiro atoms. The fourth-order valence-corrected chi connectivity index (χ4v) is 2.14. The smallest absolute Gasteiger partial charge is 0.344 e. The number of ether oxygens (including phenoxy) is 1. The number of fused-ring (bicyclic) bond motifs is 1. The van der Waals surface area contributed by atoms with Crippen molar-refractivity contribution in [2.75, 3.05) is 5.33 Å². The molecular weight excluding hydrogens is 300 g/mol. The molecule has 0 aliphatic carbocycles. The van der Waals surface area contributed by atoms with Gasteiger partial charge in [0, 0.05) is 10.7 Å². The Morgan fingerprint density at radius 2 is 2.33 bits per heavy atom. The molecule has 0 fully saturated rings. The number of carbonyl (C=O) groups is 1. The van der Waals surface area contributed by atoms with E-state index in [1.807, 2.05) is 12.1 Å². The minimum Gasteiger partial charge on any atom is -0.479 e. The molecule has 0 saturated heterocycles. The first-order chi connectivity index (χ1) is 8.63. The molecule has 1 aromatic carbocycles. The first kappa shape index (κ1) is 13.0. The van der Waals surface area contributed by atoms with E-state index in [0.29, 0.717) is 11.3 Å². The minimum atomic E-state index is -1.00. The van der Waals surface area contributed by atoms with Gasteiger partial charge in [0.2, 0.25) is 0 Å². The number of rotatable bonds is 5. The van der Waals surface area contributed by atoms with E-state index in [4.69, 9.17) is 14.3 Å². The van der Waals surface area contributed by atoms with Gasteiger partial charge < -0.3 is 14.3 Å². The molecule has 0 amide bonds. The summed E-state index contributed by atoms with van der Waals surface area (Å²) in [5.74, 6) is -0.539. The molecule has 1 atom stereocenters. The molecular formula is C13H13BrO4. The van der Waals surface area contributed by atoms with Crippen molar-refractivity contribution in [3.8, 4) is 5.75 Å². The van der Waals surface area contributed by atoms with Crippen molar-refractivity contribution in [3.63, 3.8) is 0 Å². The average Bonchev–Trinajstić information content (AvgIpc) is 2.74. The van der Waals surface area contributed by atoms with Crippen molar-refractivity contribution in [3.05, 3.63) is 30.0 Å². The maximum absolute atomic E-state index is 10.8. The zero-order valence-electron chi connectivity index (χ0n) is 9.85. The first-order valence-electron chi connectivity index (χ1n) is 5.58. The van der Waals surface area contributed by atoms with E-state index in [9.17, 15) is 4.79 Å². The van der Waals surface area contributed by atoms with E-state index in [-0.39, 0.29) is 0 Å². The lowest BCUT2D eigenvalue weighted by Gasteiger charge is -2.10. The Hall–Kier alpha value is -1.49. The van der Waals surface area contributed by atoms with Gasteiger partial charge in [-0.2, -0.15) is 0 Å². The van der Waals surface area contributed by atoms with E-state index in [2.05, 4.69) is 15.9 Å². The van der Waals surface area contributed by atoms with Gasteiger partial charge in [0.05, 0.1) is 6.26 Å². The Morgan fingerprint density at radius 1 is 1.56 bits per heavy atom. The Labute approximate surface area is 113 Å². The number of benzene rings is 1. The monoisotopic (exact) mass is 312 g/mol. The highest BCUT2D eigenvalue weighted by Gasteiger charge is 2.16. The summed E-state index contributed by atoms with van der Waals surface area (Å²) in [6.45, 7) is 1.49. The second kappa shape index (κ2) is 5.44. The normalized spacial score (nSPS) is 12.6. The lowest BCUT2D eigenvalue weighted by molar-refractivity contribution is -0.144. The molecule has 1 heterocycles. The molecule has 1 unspecified atom stereocenters. The predicted molar refractivity (Wildman–Crippen MR) is 71.4 cm³/mol. The fraction of sp³-hybridized carbons (Fsp3) is 0.308. The molecule has 5 heteroatoms. The van der Waals surface area contributed by atoms with Crippen molar-refractivity contribution in [1.29, 1.82) is 0 Å². The summed E-state index contributed by atoms with van der Waals surface area (Å²) >= 11 is 3.38. The van der Waals surface area contributed by atoms with Gasteiger partial charge in [-0.25, -0.2) is 4.79 Å². The number of aryl methyl sites for hydroxylation is 1. The number of para-hydroxylation sites is 1. The molecule has 0 radical (unpaired) electrons. The van der Waals surface area contributed by atoms with Crippen molar-refractivity contribution < 1.29 is 19.1 Å². The molecule has 0 saturated carbocycles. The van der Waals surface area contributed by atoms with Gasteiger partial charge in [0.1, 0.15) is 0 Å². The van der Waals surface area contributed by atoms with Gasteiger partial charge in [0.25, 0.3) is 0 Å². The van der Waals surface area contributed by atoms with Gasteiger partial charge in [-0.15, -0.1) is 0 Å². The average molecular weight is 313 g/mol. The maximum Gasteiger partial charge on any atom is 0.344 e. The molecule has 2 aromatic rings. The lowest BCUT2D eigenvalue weighted by atomic mass is 10.1. The quantitative estimate of drug-likeness (QED) is 0.861. The van der Waals surface area contributed by atoms with Gasteiger partial charge in [0.15, 0.2) is 17.4 Å². The molecule has 0 bridgehead atoms. The highest BCUT2D eigenvalue weighted by molar-refractivity contribution is 9.09. The summed E-state index contributed by atoms with van der Waals surface area (Å²) in [6.07, 6.45) is 1.63. The molecule has 4 nitrogen and oxygen atoms in total. The van der Waals surface area contributed by atoms with E-state index in [0.717, 1.165) is 22.7 Å². The van der Waals surface area contributed by atoms with Crippen LogP contribution in [0.4, 0.5) is 0 Å². The Bertz CT molecular complexity index is 561. The number of halogens is 1. The van der Waals surface area contributed by atoms with Crippen LogP contribution in [0.5, 0.6) is 5.75 Å². The van der Waals surface area contributed by atoms with Crippen molar-refractivity contribution in [2.45, 2.75) is 19.4 Å². The number of hydrogen-bond donors (Lipinski definition) is 1. The van der Waals surface area contributed by atoms with Crippen LogP contribution in [0.3, 0.4) is 0 Å². The SMILES string of the molecule is CC(Oc1cccc2c(CCBr)coc12)C(=O)O. The Kier molecular flexibility index (Phi) is 3.91. The van der Waals surface area contributed by atoms with Crippen LogP contribution in [0.2, 0.25) is 0 Å². The van der Waals surface area contributed by atoms with Crippen LogP contribution in [0.25, 0.3) is 11.0 Å². The number of furan rings is 1. The van der Waals surface area contributed by atoms with Crippen molar-refractivity contribution >= 4 is 32.9 Å². The number of carboxylic acid groups (broad SMARTS) is 1.